The van der Waals surface area contributed by atoms with Crippen molar-refractivity contribution in [3.05, 3.63) is 11.6 Å². The smallest absolute Gasteiger partial charge is 0.371 e. The Morgan fingerprint density at radius 3 is 2.60 bits per heavy atom. The van der Waals surface area contributed by atoms with Crippen molar-refractivity contribution in [1.82, 2.24) is 4.90 Å². The Kier molecular flexibility index (Phi) is 4.36. The van der Waals surface area contributed by atoms with Gasteiger partial charge < -0.3 is 9.64 Å². The molecule has 2 rings (SSSR count). The summed E-state index contributed by atoms with van der Waals surface area (Å²) < 4.78 is 106. The zero-order valence-corrected chi connectivity index (χ0v) is 13.3. The molecule has 0 spiro atoms. The van der Waals surface area contributed by atoms with Gasteiger partial charge in [0, 0.05) is 24.1 Å². The molecule has 0 aromatic carbocycles. The molecule has 2 aliphatic rings. The minimum absolute atomic E-state index is 0.00595. The summed E-state index contributed by atoms with van der Waals surface area (Å²) in [6.07, 6.45) is 0.442. The Hall–Kier alpha value is -1.58. The average Bonchev–Trinajstić information content (AvgIpc) is 3.01. The highest BCUT2D eigenvalue weighted by atomic mass is 19.3. The topological polar surface area (TPSA) is 37.2 Å². The largest absolute Gasteiger partial charge is 0.476 e. The van der Waals surface area contributed by atoms with Gasteiger partial charge in [0.05, 0.1) is 13.0 Å². The molecule has 2 aliphatic heterocycles. The van der Waals surface area contributed by atoms with Crippen LogP contribution in [0.2, 0.25) is 0 Å². The van der Waals surface area contributed by atoms with E-state index in [0.29, 0.717) is 12.0 Å². The Bertz CT molecular complexity index is 685. The van der Waals surface area contributed by atoms with Crippen molar-refractivity contribution in [2.24, 2.45) is 9.98 Å². The van der Waals surface area contributed by atoms with Crippen molar-refractivity contribution >= 4 is 11.6 Å². The number of nitrogens with zero attached hydrogens (tertiary/aromatic N) is 3. The zero-order valence-electron chi connectivity index (χ0n) is 16.3. The summed E-state index contributed by atoms with van der Waals surface area (Å²) in [5.41, 5.74) is 0.598. The molecule has 0 aromatic heterocycles. The van der Waals surface area contributed by atoms with Crippen LogP contribution >= 0.6 is 0 Å². The van der Waals surface area contributed by atoms with Gasteiger partial charge >= 0.3 is 17.8 Å². The highest BCUT2D eigenvalue weighted by Crippen LogP contribution is 2.46. The molecule has 0 aromatic rings. The summed E-state index contributed by atoms with van der Waals surface area (Å²) >= 11 is 0. The van der Waals surface area contributed by atoms with E-state index in [1.165, 1.54) is 4.90 Å². The minimum atomic E-state index is -5.54. The van der Waals surface area contributed by atoms with Gasteiger partial charge in [-0.2, -0.15) is 26.3 Å². The van der Waals surface area contributed by atoms with E-state index in [9.17, 15) is 26.3 Å². The van der Waals surface area contributed by atoms with E-state index in [-0.39, 0.29) is 38.3 Å². The molecule has 0 radical (unpaired) electrons. The third-order valence-corrected chi connectivity index (χ3v) is 3.77. The molecule has 0 amide bonds. The summed E-state index contributed by atoms with van der Waals surface area (Å²) in [6, 6.07) is 0. The first-order valence-corrected chi connectivity index (χ1v) is 7.47. The molecular formula is C15H19F6N3O. The van der Waals surface area contributed by atoms with Gasteiger partial charge in [0.15, 0.2) is 0 Å². The highest BCUT2D eigenvalue weighted by molar-refractivity contribution is 6.46. The molecule has 25 heavy (non-hydrogen) atoms. The molecule has 4 nitrogen and oxygen atoms in total. The van der Waals surface area contributed by atoms with Crippen molar-refractivity contribution in [3.63, 3.8) is 0 Å². The fourth-order valence-electron chi connectivity index (χ4n) is 2.34. The van der Waals surface area contributed by atoms with Crippen LogP contribution in [0.1, 0.15) is 23.9 Å². The lowest BCUT2D eigenvalue weighted by Gasteiger charge is -2.30. The lowest BCUT2D eigenvalue weighted by Crippen LogP contribution is -2.53. The summed E-state index contributed by atoms with van der Waals surface area (Å²) in [6.45, 7) is -3.43. The van der Waals surface area contributed by atoms with Crippen molar-refractivity contribution < 1.29 is 35.2 Å². The second-order valence-corrected chi connectivity index (χ2v) is 5.82. The van der Waals surface area contributed by atoms with Gasteiger partial charge in [-0.1, -0.05) is 6.08 Å². The molecule has 0 bridgehead atoms. The summed E-state index contributed by atoms with van der Waals surface area (Å²) in [4.78, 5) is 9.04. The average molecular weight is 374 g/mol. The third-order valence-electron chi connectivity index (χ3n) is 3.77. The van der Waals surface area contributed by atoms with Crippen LogP contribution in [-0.4, -0.2) is 67.6 Å². The fraction of sp³-hybridized carbons (Fsp3) is 0.733. The number of hydrogen-bond acceptors (Lipinski definition) is 4. The first-order valence-electron chi connectivity index (χ1n) is 8.97. The summed E-state index contributed by atoms with van der Waals surface area (Å²) in [5, 5.41) is 0. The maximum absolute atomic E-state index is 13.5. The first-order chi connectivity index (χ1) is 12.7. The van der Waals surface area contributed by atoms with Crippen LogP contribution in [0.4, 0.5) is 26.3 Å². The maximum Gasteiger partial charge on any atom is 0.371 e. The van der Waals surface area contributed by atoms with Crippen LogP contribution in [-0.2, 0) is 4.74 Å². The lowest BCUT2D eigenvalue weighted by molar-refractivity contribution is -0.305. The van der Waals surface area contributed by atoms with Crippen LogP contribution in [0, 0.1) is 0 Å². The summed E-state index contributed by atoms with van der Waals surface area (Å²) in [5.74, 6) is -15.6. The SMILES string of the molecule is [2H]C([2H])([2H])N1CCC=C(C2=NCN=C2OCCC(F)(F)C(F)(F)C(C)(F)F)C1. The van der Waals surface area contributed by atoms with E-state index in [4.69, 9.17) is 8.85 Å². The molecule has 0 unspecified atom stereocenters. The summed E-state index contributed by atoms with van der Waals surface area (Å²) in [7, 11) is 0. The van der Waals surface area contributed by atoms with Gasteiger partial charge in [-0.15, -0.1) is 0 Å². The number of hydrogen-bond donors (Lipinski definition) is 0. The number of rotatable bonds is 6. The molecule has 0 saturated heterocycles. The molecule has 10 heteroatoms. The second-order valence-electron chi connectivity index (χ2n) is 5.82. The zero-order chi connectivity index (χ0) is 21.4. The Morgan fingerprint density at radius 1 is 1.24 bits per heavy atom. The van der Waals surface area contributed by atoms with E-state index < -0.39 is 37.8 Å². The molecular weight excluding hydrogens is 352 g/mol. The molecule has 2 heterocycles. The van der Waals surface area contributed by atoms with Crippen molar-refractivity contribution in [2.45, 2.75) is 37.5 Å². The number of aliphatic imine (C=N–C) groups is 2. The highest BCUT2D eigenvalue weighted by Gasteiger charge is 2.68. The predicted molar refractivity (Wildman–Crippen MR) is 81.0 cm³/mol. The lowest BCUT2D eigenvalue weighted by atomic mass is 10.0. The van der Waals surface area contributed by atoms with E-state index in [1.807, 2.05) is 0 Å². The van der Waals surface area contributed by atoms with Gasteiger partial charge in [-0.3, -0.25) is 4.99 Å². The van der Waals surface area contributed by atoms with E-state index in [1.54, 1.807) is 6.08 Å². The molecule has 0 atom stereocenters. The number of alkyl halides is 6. The van der Waals surface area contributed by atoms with Gasteiger partial charge in [0.1, 0.15) is 12.4 Å². The van der Waals surface area contributed by atoms with Crippen molar-refractivity contribution in [3.8, 4) is 0 Å². The monoisotopic (exact) mass is 374 g/mol. The number of likely N-dealkylation sites (N-methyl/N-ethyl adjacent to an activating group) is 1. The van der Waals surface area contributed by atoms with Crippen LogP contribution in [0.3, 0.4) is 0 Å². The molecule has 0 aliphatic carbocycles. The third kappa shape index (κ3) is 4.16. The Balaban J connectivity index is 1.99. The van der Waals surface area contributed by atoms with Gasteiger partial charge in [0.2, 0.25) is 5.90 Å². The van der Waals surface area contributed by atoms with E-state index >= 15 is 0 Å². The normalized spacial score (nSPS) is 22.5. The van der Waals surface area contributed by atoms with Gasteiger partial charge in [-0.05, 0) is 19.0 Å². The number of halogens is 6. The number of ether oxygens (including phenoxy) is 1. The Labute approximate surface area is 145 Å². The van der Waals surface area contributed by atoms with Crippen molar-refractivity contribution in [2.75, 3.05) is 33.3 Å². The Morgan fingerprint density at radius 2 is 1.96 bits per heavy atom. The molecule has 142 valence electrons. The van der Waals surface area contributed by atoms with E-state index in [0.717, 1.165) is 0 Å². The van der Waals surface area contributed by atoms with Crippen LogP contribution in [0.25, 0.3) is 0 Å². The van der Waals surface area contributed by atoms with Crippen LogP contribution in [0.5, 0.6) is 0 Å². The molecule has 0 saturated carbocycles. The van der Waals surface area contributed by atoms with E-state index in [2.05, 4.69) is 9.98 Å². The minimum Gasteiger partial charge on any atom is -0.476 e. The standard InChI is InChI=1S/C15H19F6N3O/c1-13(16,17)15(20,21)14(18,19)5-7-25-12-11(22-9-23-12)10-4-3-6-24(2)8-10/h4H,3,5-9H2,1-2H3/i2D3. The quantitative estimate of drug-likeness (QED) is 0.669. The van der Waals surface area contributed by atoms with Crippen LogP contribution < -0.4 is 0 Å². The first kappa shape index (κ1) is 15.7. The van der Waals surface area contributed by atoms with Gasteiger partial charge in [-0.25, -0.2) is 4.99 Å². The fourth-order valence-corrected chi connectivity index (χ4v) is 2.34. The second kappa shape index (κ2) is 6.97. The van der Waals surface area contributed by atoms with Gasteiger partial charge in [0.25, 0.3) is 0 Å². The maximum atomic E-state index is 13.5. The van der Waals surface area contributed by atoms with Crippen molar-refractivity contribution in [1.29, 1.82) is 0 Å². The predicted octanol–water partition coefficient (Wildman–Crippen LogP) is 3.39. The van der Waals surface area contributed by atoms with Crippen LogP contribution in [0.15, 0.2) is 21.6 Å². The molecule has 0 fully saturated rings. The molecule has 0 N–H and O–H groups in total.